The quantitative estimate of drug-likeness (QED) is 0.928. The van der Waals surface area contributed by atoms with Crippen molar-refractivity contribution in [3.8, 4) is 0 Å². The molecule has 2 heterocycles. The van der Waals surface area contributed by atoms with Gasteiger partial charge < -0.3 is 0 Å². The molecule has 0 spiro atoms. The number of aromatic nitrogens is 3. The van der Waals surface area contributed by atoms with Crippen LogP contribution in [0.1, 0.15) is 41.3 Å². The lowest BCUT2D eigenvalue weighted by molar-refractivity contribution is 0.0989. The molecule has 5 nitrogen and oxygen atoms in total. The number of halogens is 2. The van der Waals surface area contributed by atoms with Crippen molar-refractivity contribution in [2.24, 2.45) is 5.41 Å². The summed E-state index contributed by atoms with van der Waals surface area (Å²) in [5.41, 5.74) is 1.39. The summed E-state index contributed by atoms with van der Waals surface area (Å²) in [5, 5.41) is 6.98. The highest BCUT2D eigenvalue weighted by Crippen LogP contribution is 2.38. The third-order valence-corrected chi connectivity index (χ3v) is 4.95. The van der Waals surface area contributed by atoms with Crippen molar-refractivity contribution in [2.45, 2.75) is 46.1 Å². The predicted molar refractivity (Wildman–Crippen MR) is 84.1 cm³/mol. The van der Waals surface area contributed by atoms with Crippen LogP contribution in [0.5, 0.6) is 0 Å². The Bertz CT molecular complexity index is 723. The topological polar surface area (TPSA) is 59.8 Å². The number of alkyl halides is 2. The molecule has 0 fully saturated rings. The van der Waals surface area contributed by atoms with E-state index in [1.165, 1.54) is 28.5 Å². The van der Waals surface area contributed by atoms with E-state index in [2.05, 4.69) is 29.2 Å². The maximum Gasteiger partial charge on any atom is 0.275 e. The van der Waals surface area contributed by atoms with Crippen molar-refractivity contribution in [3.05, 3.63) is 28.5 Å². The average Bonchev–Trinajstić information content (AvgIpc) is 3.02. The van der Waals surface area contributed by atoms with Gasteiger partial charge in [-0.25, -0.2) is 13.8 Å². The number of amides is 1. The lowest BCUT2D eigenvalue weighted by Gasteiger charge is -2.28. The fraction of sp³-hybridized carbons (Fsp3) is 0.533. The second-order valence-corrected chi connectivity index (χ2v) is 7.56. The van der Waals surface area contributed by atoms with E-state index >= 15 is 0 Å². The maximum atomic E-state index is 12.5. The number of aryl methyl sites for hydroxylation is 1. The minimum atomic E-state index is -2.56. The molecular weight excluding hydrogens is 322 g/mol. The molecule has 0 bridgehead atoms. The lowest BCUT2D eigenvalue weighted by Crippen LogP contribution is -2.21. The molecule has 1 aliphatic rings. The molecule has 0 aromatic carbocycles. The van der Waals surface area contributed by atoms with E-state index in [1.807, 2.05) is 0 Å². The molecule has 0 saturated heterocycles. The number of carbonyl (C=O) groups excluding carboxylic acids is 1. The maximum absolute atomic E-state index is 12.5. The van der Waals surface area contributed by atoms with Gasteiger partial charge in [-0.1, -0.05) is 13.8 Å². The zero-order valence-corrected chi connectivity index (χ0v) is 13.8. The fourth-order valence-electron chi connectivity index (χ4n) is 2.71. The predicted octanol–water partition coefficient (Wildman–Crippen LogP) is 3.37. The summed E-state index contributed by atoms with van der Waals surface area (Å²) in [5.74, 6) is -0.464. The van der Waals surface area contributed by atoms with Gasteiger partial charge in [0.2, 0.25) is 0 Å². The molecule has 2 aromatic heterocycles. The molecule has 8 heteroatoms. The summed E-state index contributed by atoms with van der Waals surface area (Å²) in [6, 6.07) is 1.42. The van der Waals surface area contributed by atoms with E-state index in [0.717, 1.165) is 29.6 Å². The zero-order valence-electron chi connectivity index (χ0n) is 13.0. The van der Waals surface area contributed by atoms with Crippen LogP contribution < -0.4 is 5.32 Å². The molecule has 124 valence electrons. The first-order valence-electron chi connectivity index (χ1n) is 7.44. The minimum absolute atomic E-state index is 0.110. The van der Waals surface area contributed by atoms with Crippen LogP contribution in [0.25, 0.3) is 0 Å². The Hall–Kier alpha value is -1.83. The number of hydrogen-bond donors (Lipinski definition) is 1. The second kappa shape index (κ2) is 5.99. The van der Waals surface area contributed by atoms with E-state index in [1.54, 1.807) is 0 Å². The van der Waals surface area contributed by atoms with Crippen LogP contribution in [-0.4, -0.2) is 27.1 Å². The molecule has 1 amide bonds. The summed E-state index contributed by atoms with van der Waals surface area (Å²) in [6.45, 7) is 3.84. The van der Waals surface area contributed by atoms with Gasteiger partial charge in [0.1, 0.15) is 12.2 Å². The first-order valence-corrected chi connectivity index (χ1v) is 8.26. The van der Waals surface area contributed by atoms with Gasteiger partial charge in [-0.05, 0) is 30.7 Å². The third-order valence-electron chi connectivity index (χ3n) is 3.94. The Labute approximate surface area is 136 Å². The standard InChI is InChI=1S/C15H18F2N4OS/c1-15(2)5-3-9-11(7-15)23-14(19-9)20-13(22)10-4-6-18-21(10)8-12(16)17/h4,6,12H,3,5,7-8H2,1-2H3,(H,19,20,22). The Morgan fingerprint density at radius 1 is 1.52 bits per heavy atom. The summed E-state index contributed by atoms with van der Waals surface area (Å²) < 4.78 is 26.0. The number of rotatable bonds is 4. The number of thiazole rings is 1. The number of nitrogens with one attached hydrogen (secondary N) is 1. The van der Waals surface area contributed by atoms with Crippen molar-refractivity contribution in [2.75, 3.05) is 5.32 Å². The number of hydrogen-bond acceptors (Lipinski definition) is 4. The number of fused-ring (bicyclic) bond motifs is 1. The monoisotopic (exact) mass is 340 g/mol. The first kappa shape index (κ1) is 16.0. The van der Waals surface area contributed by atoms with E-state index in [9.17, 15) is 13.6 Å². The minimum Gasteiger partial charge on any atom is -0.296 e. The Morgan fingerprint density at radius 3 is 3.04 bits per heavy atom. The third kappa shape index (κ3) is 3.57. The molecule has 0 atom stereocenters. The van der Waals surface area contributed by atoms with Crippen LogP contribution in [0, 0.1) is 5.41 Å². The number of anilines is 1. The average molecular weight is 340 g/mol. The molecule has 2 aromatic rings. The number of nitrogens with zero attached hydrogens (tertiary/aromatic N) is 3. The van der Waals surface area contributed by atoms with Crippen molar-refractivity contribution in [1.29, 1.82) is 0 Å². The highest BCUT2D eigenvalue weighted by atomic mass is 32.1. The van der Waals surface area contributed by atoms with Crippen molar-refractivity contribution in [1.82, 2.24) is 14.8 Å². The van der Waals surface area contributed by atoms with Crippen LogP contribution >= 0.6 is 11.3 Å². The van der Waals surface area contributed by atoms with Crippen molar-refractivity contribution in [3.63, 3.8) is 0 Å². The fourth-order valence-corrected chi connectivity index (χ4v) is 3.97. The molecular formula is C15H18F2N4OS. The van der Waals surface area contributed by atoms with Crippen LogP contribution in [0.15, 0.2) is 12.3 Å². The Kier molecular flexibility index (Phi) is 4.18. The Morgan fingerprint density at radius 2 is 2.30 bits per heavy atom. The van der Waals surface area contributed by atoms with Gasteiger partial charge in [0, 0.05) is 11.1 Å². The van der Waals surface area contributed by atoms with E-state index in [4.69, 9.17) is 0 Å². The SMILES string of the molecule is CC1(C)CCc2nc(NC(=O)c3ccnn3CC(F)F)sc2C1. The van der Waals surface area contributed by atoms with Crippen LogP contribution in [0.3, 0.4) is 0 Å². The van der Waals surface area contributed by atoms with Gasteiger partial charge in [-0.3, -0.25) is 14.8 Å². The first-order chi connectivity index (χ1) is 10.8. The van der Waals surface area contributed by atoms with Crippen molar-refractivity contribution < 1.29 is 13.6 Å². The normalized spacial score (nSPS) is 16.4. The molecule has 0 aliphatic heterocycles. The van der Waals surface area contributed by atoms with E-state index in [-0.39, 0.29) is 11.1 Å². The summed E-state index contributed by atoms with van der Waals surface area (Å²) >= 11 is 1.46. The van der Waals surface area contributed by atoms with Crippen LogP contribution in [0.2, 0.25) is 0 Å². The molecule has 0 saturated carbocycles. The van der Waals surface area contributed by atoms with Gasteiger partial charge in [-0.2, -0.15) is 5.10 Å². The van der Waals surface area contributed by atoms with Crippen LogP contribution in [-0.2, 0) is 19.4 Å². The smallest absolute Gasteiger partial charge is 0.275 e. The highest BCUT2D eigenvalue weighted by molar-refractivity contribution is 7.15. The van der Waals surface area contributed by atoms with E-state index < -0.39 is 18.9 Å². The van der Waals surface area contributed by atoms with Gasteiger partial charge in [0.05, 0.1) is 5.69 Å². The zero-order chi connectivity index (χ0) is 16.6. The molecule has 3 rings (SSSR count). The van der Waals surface area contributed by atoms with Crippen LogP contribution in [0.4, 0.5) is 13.9 Å². The summed E-state index contributed by atoms with van der Waals surface area (Å²) in [7, 11) is 0. The molecule has 1 aliphatic carbocycles. The summed E-state index contributed by atoms with van der Waals surface area (Å²) in [4.78, 5) is 17.9. The summed E-state index contributed by atoms with van der Waals surface area (Å²) in [6.07, 6.45) is 1.69. The molecule has 0 radical (unpaired) electrons. The lowest BCUT2D eigenvalue weighted by atomic mass is 9.79. The molecule has 1 N–H and O–H groups in total. The largest absolute Gasteiger partial charge is 0.296 e. The van der Waals surface area contributed by atoms with Gasteiger partial charge >= 0.3 is 0 Å². The Balaban J connectivity index is 1.74. The number of carbonyl (C=O) groups is 1. The second-order valence-electron chi connectivity index (χ2n) is 6.47. The van der Waals surface area contributed by atoms with Crippen molar-refractivity contribution >= 4 is 22.4 Å². The van der Waals surface area contributed by atoms with Gasteiger partial charge in [-0.15, -0.1) is 11.3 Å². The highest BCUT2D eigenvalue weighted by Gasteiger charge is 2.28. The van der Waals surface area contributed by atoms with E-state index in [0.29, 0.717) is 5.13 Å². The van der Waals surface area contributed by atoms with Gasteiger partial charge in [0.15, 0.2) is 5.13 Å². The van der Waals surface area contributed by atoms with Gasteiger partial charge in [0.25, 0.3) is 12.3 Å². The molecule has 23 heavy (non-hydrogen) atoms. The molecule has 0 unspecified atom stereocenters.